The summed E-state index contributed by atoms with van der Waals surface area (Å²) in [5.41, 5.74) is 0.135. The second-order valence-corrected chi connectivity index (χ2v) is 6.06. The van der Waals surface area contributed by atoms with E-state index in [9.17, 15) is 26.0 Å². The highest BCUT2D eigenvalue weighted by molar-refractivity contribution is 7.89. The van der Waals surface area contributed by atoms with Crippen LogP contribution in [0.2, 0.25) is 0 Å². The fourth-order valence-electron chi connectivity index (χ4n) is 1.52. The van der Waals surface area contributed by atoms with Gasteiger partial charge in [-0.05, 0) is 24.7 Å². The Balaban J connectivity index is 2.83. The van der Waals surface area contributed by atoms with Crippen molar-refractivity contribution in [2.75, 3.05) is 13.1 Å². The third-order valence-electron chi connectivity index (χ3n) is 2.59. The summed E-state index contributed by atoms with van der Waals surface area (Å²) in [6, 6.07) is 3.10. The van der Waals surface area contributed by atoms with E-state index < -0.39 is 35.0 Å². The molecule has 1 aromatic rings. The molecule has 0 spiro atoms. The molecule has 0 amide bonds. The molecule has 21 heavy (non-hydrogen) atoms. The van der Waals surface area contributed by atoms with E-state index in [0.717, 1.165) is 18.2 Å². The van der Waals surface area contributed by atoms with E-state index in [1.807, 2.05) is 4.72 Å². The van der Waals surface area contributed by atoms with Crippen molar-refractivity contribution in [1.82, 2.24) is 10.0 Å². The van der Waals surface area contributed by atoms with Gasteiger partial charge >= 0.3 is 6.18 Å². The van der Waals surface area contributed by atoms with Gasteiger partial charge < -0.3 is 5.32 Å². The lowest BCUT2D eigenvalue weighted by atomic mass is 10.2. The van der Waals surface area contributed by atoms with E-state index >= 15 is 0 Å². The van der Waals surface area contributed by atoms with E-state index in [1.54, 1.807) is 6.92 Å². The molecule has 2 N–H and O–H groups in total. The van der Waals surface area contributed by atoms with Crippen molar-refractivity contribution in [3.63, 3.8) is 0 Å². The maximum atomic E-state index is 13.5. The van der Waals surface area contributed by atoms with Gasteiger partial charge in [0.05, 0.1) is 11.3 Å². The van der Waals surface area contributed by atoms with Crippen LogP contribution in [0.15, 0.2) is 23.1 Å². The minimum atomic E-state index is -4.44. The molecular weight excluding hydrogens is 312 g/mol. The molecule has 0 saturated carbocycles. The summed E-state index contributed by atoms with van der Waals surface area (Å²) in [6.45, 7) is 1.75. The Bertz CT molecular complexity index is 573. The monoisotopic (exact) mass is 328 g/mol. The summed E-state index contributed by atoms with van der Waals surface area (Å²) in [6.07, 6.45) is -5.71. The molecule has 0 heterocycles. The van der Waals surface area contributed by atoms with Crippen molar-refractivity contribution in [1.29, 1.82) is 0 Å². The number of nitrogens with one attached hydrogen (secondary N) is 2. The third kappa shape index (κ3) is 5.98. The average Bonchev–Trinajstić information content (AvgIpc) is 2.35. The molecule has 0 aliphatic carbocycles. The van der Waals surface area contributed by atoms with Crippen LogP contribution in [0.3, 0.4) is 0 Å². The van der Waals surface area contributed by atoms with Gasteiger partial charge in [0.25, 0.3) is 0 Å². The van der Waals surface area contributed by atoms with Gasteiger partial charge in [-0.2, -0.15) is 13.2 Å². The topological polar surface area (TPSA) is 58.2 Å². The van der Waals surface area contributed by atoms with E-state index in [1.165, 1.54) is 0 Å². The SMILES string of the molecule is CCNCc1cc(S(=O)(=O)NCCC(F)(F)F)ccc1F. The molecule has 0 fully saturated rings. The largest absolute Gasteiger partial charge is 0.390 e. The van der Waals surface area contributed by atoms with Crippen molar-refractivity contribution in [2.24, 2.45) is 0 Å². The molecule has 0 saturated heterocycles. The zero-order chi connectivity index (χ0) is 16.1. The van der Waals surface area contributed by atoms with Crippen molar-refractivity contribution in [2.45, 2.75) is 31.0 Å². The summed E-state index contributed by atoms with van der Waals surface area (Å²) in [4.78, 5) is -0.265. The van der Waals surface area contributed by atoms with Crippen molar-refractivity contribution >= 4 is 10.0 Å². The first kappa shape index (κ1) is 17.9. The van der Waals surface area contributed by atoms with E-state index in [0.29, 0.717) is 6.54 Å². The molecule has 0 unspecified atom stereocenters. The first-order chi connectivity index (χ1) is 9.65. The lowest BCUT2D eigenvalue weighted by Crippen LogP contribution is -2.28. The van der Waals surface area contributed by atoms with Gasteiger partial charge in [-0.25, -0.2) is 17.5 Å². The normalized spacial score (nSPS) is 12.6. The van der Waals surface area contributed by atoms with Gasteiger partial charge in [-0.15, -0.1) is 0 Å². The molecule has 120 valence electrons. The van der Waals surface area contributed by atoms with E-state index in [2.05, 4.69) is 5.32 Å². The fraction of sp³-hybridized carbons (Fsp3) is 0.500. The number of sulfonamides is 1. The fourth-order valence-corrected chi connectivity index (χ4v) is 2.61. The first-order valence-electron chi connectivity index (χ1n) is 6.21. The zero-order valence-electron chi connectivity index (χ0n) is 11.3. The zero-order valence-corrected chi connectivity index (χ0v) is 12.1. The molecule has 0 atom stereocenters. The lowest BCUT2D eigenvalue weighted by Gasteiger charge is -2.10. The molecule has 1 aromatic carbocycles. The van der Waals surface area contributed by atoms with Crippen molar-refractivity contribution in [3.8, 4) is 0 Å². The van der Waals surface area contributed by atoms with Crippen LogP contribution in [0, 0.1) is 5.82 Å². The highest BCUT2D eigenvalue weighted by Gasteiger charge is 2.27. The second kappa shape index (κ2) is 7.19. The van der Waals surface area contributed by atoms with Gasteiger partial charge in [0.2, 0.25) is 10.0 Å². The Morgan fingerprint density at radius 1 is 1.24 bits per heavy atom. The van der Waals surface area contributed by atoms with Gasteiger partial charge in [-0.1, -0.05) is 6.92 Å². The van der Waals surface area contributed by atoms with Crippen LogP contribution in [-0.2, 0) is 16.6 Å². The molecule has 0 bridgehead atoms. The Morgan fingerprint density at radius 2 is 1.90 bits per heavy atom. The van der Waals surface area contributed by atoms with Crippen LogP contribution in [0.1, 0.15) is 18.9 Å². The Hall–Kier alpha value is -1.19. The Morgan fingerprint density at radius 3 is 2.48 bits per heavy atom. The maximum Gasteiger partial charge on any atom is 0.390 e. The minimum Gasteiger partial charge on any atom is -0.313 e. The molecule has 9 heteroatoms. The number of benzene rings is 1. The van der Waals surface area contributed by atoms with Crippen LogP contribution in [-0.4, -0.2) is 27.7 Å². The number of rotatable bonds is 7. The highest BCUT2D eigenvalue weighted by atomic mass is 32.2. The lowest BCUT2D eigenvalue weighted by molar-refractivity contribution is -0.132. The maximum absolute atomic E-state index is 13.5. The van der Waals surface area contributed by atoms with Crippen molar-refractivity contribution in [3.05, 3.63) is 29.6 Å². The van der Waals surface area contributed by atoms with Crippen LogP contribution in [0.5, 0.6) is 0 Å². The standard InChI is InChI=1S/C12H16F4N2O2S/c1-2-17-8-9-7-10(3-4-11(9)13)21(19,20)18-6-5-12(14,15)16/h3-4,7,17-18H,2,5-6,8H2,1H3. The predicted octanol–water partition coefficient (Wildman–Crippen LogP) is 2.17. The van der Waals surface area contributed by atoms with Crippen LogP contribution in [0.4, 0.5) is 17.6 Å². The summed E-state index contributed by atoms with van der Waals surface area (Å²) in [7, 11) is -4.09. The molecule has 1 rings (SSSR count). The Labute approximate surface area is 120 Å². The van der Waals surface area contributed by atoms with Crippen LogP contribution in [0.25, 0.3) is 0 Å². The smallest absolute Gasteiger partial charge is 0.313 e. The number of hydrogen-bond donors (Lipinski definition) is 2. The third-order valence-corrected chi connectivity index (χ3v) is 4.05. The minimum absolute atomic E-state index is 0.133. The van der Waals surface area contributed by atoms with E-state index in [4.69, 9.17) is 0 Å². The van der Waals surface area contributed by atoms with Gasteiger partial charge in [0.1, 0.15) is 5.82 Å². The second-order valence-electron chi connectivity index (χ2n) is 4.30. The molecule has 4 nitrogen and oxygen atoms in total. The number of hydrogen-bond acceptors (Lipinski definition) is 3. The summed E-state index contributed by atoms with van der Waals surface area (Å²) in [5.74, 6) is -0.579. The molecule has 0 radical (unpaired) electrons. The summed E-state index contributed by atoms with van der Waals surface area (Å²) < 4.78 is 75.0. The molecule has 0 aliphatic heterocycles. The quantitative estimate of drug-likeness (QED) is 0.754. The van der Waals surface area contributed by atoms with Gasteiger partial charge in [0, 0.05) is 18.7 Å². The van der Waals surface area contributed by atoms with Crippen LogP contribution >= 0.6 is 0 Å². The summed E-state index contributed by atoms with van der Waals surface area (Å²) >= 11 is 0. The highest BCUT2D eigenvalue weighted by Crippen LogP contribution is 2.19. The predicted molar refractivity (Wildman–Crippen MR) is 69.6 cm³/mol. The summed E-state index contributed by atoms with van der Waals surface area (Å²) in [5, 5.41) is 2.84. The average molecular weight is 328 g/mol. The number of halogens is 4. The number of alkyl halides is 3. The van der Waals surface area contributed by atoms with Crippen molar-refractivity contribution < 1.29 is 26.0 Å². The molecule has 0 aliphatic rings. The van der Waals surface area contributed by atoms with Gasteiger partial charge in [0.15, 0.2) is 0 Å². The van der Waals surface area contributed by atoms with Gasteiger partial charge in [-0.3, -0.25) is 0 Å². The molecular formula is C12H16F4N2O2S. The first-order valence-corrected chi connectivity index (χ1v) is 7.69. The molecule has 0 aromatic heterocycles. The van der Waals surface area contributed by atoms with E-state index in [-0.39, 0.29) is 17.0 Å². The van der Waals surface area contributed by atoms with Crippen LogP contribution < -0.4 is 10.0 Å². The Kier molecular flexibility index (Phi) is 6.11.